The molecular formula is C12H23N3O2. The van der Waals surface area contributed by atoms with Crippen LogP contribution in [-0.2, 0) is 9.59 Å². The number of nitrogens with one attached hydrogen (secondary N) is 2. The highest BCUT2D eigenvalue weighted by atomic mass is 16.2. The highest BCUT2D eigenvalue weighted by molar-refractivity contribution is 5.80. The van der Waals surface area contributed by atoms with E-state index in [4.69, 9.17) is 0 Å². The first-order valence-electron chi connectivity index (χ1n) is 6.49. The smallest absolute Gasteiger partial charge is 0.233 e. The van der Waals surface area contributed by atoms with Gasteiger partial charge in [0.1, 0.15) is 0 Å². The predicted molar refractivity (Wildman–Crippen MR) is 66.6 cm³/mol. The molecule has 0 aliphatic carbocycles. The molecule has 1 saturated heterocycles. The molecule has 5 heteroatoms. The summed E-state index contributed by atoms with van der Waals surface area (Å²) in [6.07, 6.45) is 3.65. The summed E-state index contributed by atoms with van der Waals surface area (Å²) in [4.78, 5) is 24.8. The molecule has 5 nitrogen and oxygen atoms in total. The van der Waals surface area contributed by atoms with Crippen molar-refractivity contribution in [2.75, 3.05) is 32.7 Å². The Kier molecular flexibility index (Phi) is 6.62. The molecule has 0 aromatic rings. The van der Waals surface area contributed by atoms with Crippen LogP contribution in [0.2, 0.25) is 0 Å². The summed E-state index contributed by atoms with van der Waals surface area (Å²) in [5.74, 6) is 0.122. The van der Waals surface area contributed by atoms with Crippen molar-refractivity contribution >= 4 is 11.8 Å². The molecule has 0 aromatic heterocycles. The van der Waals surface area contributed by atoms with Crippen molar-refractivity contribution in [1.29, 1.82) is 0 Å². The maximum Gasteiger partial charge on any atom is 0.233 e. The predicted octanol–water partition coefficient (Wildman–Crippen LogP) is 0.115. The zero-order valence-corrected chi connectivity index (χ0v) is 10.6. The van der Waals surface area contributed by atoms with Crippen molar-refractivity contribution in [3.63, 3.8) is 0 Å². The zero-order valence-electron chi connectivity index (χ0n) is 10.6. The summed E-state index contributed by atoms with van der Waals surface area (Å²) in [6.45, 7) is 5.45. The standard InChI is InChI=1S/C12H23N3O2/c1-2-6-13-10-11(16)14-7-5-12(17)15-8-3-4-9-15/h13H,2-10H2,1H3,(H,14,16). The number of hydrogen-bond donors (Lipinski definition) is 2. The SMILES string of the molecule is CCCNCC(=O)NCCC(=O)N1CCCC1. The van der Waals surface area contributed by atoms with Crippen molar-refractivity contribution in [1.82, 2.24) is 15.5 Å². The summed E-state index contributed by atoms with van der Waals surface area (Å²) in [5.41, 5.74) is 0. The molecular weight excluding hydrogens is 218 g/mol. The van der Waals surface area contributed by atoms with E-state index in [0.29, 0.717) is 19.5 Å². The molecule has 0 saturated carbocycles. The van der Waals surface area contributed by atoms with Gasteiger partial charge in [-0.25, -0.2) is 0 Å². The molecule has 0 radical (unpaired) electrons. The molecule has 0 atom stereocenters. The summed E-state index contributed by atoms with van der Waals surface area (Å²) in [7, 11) is 0. The number of hydrogen-bond acceptors (Lipinski definition) is 3. The minimum absolute atomic E-state index is 0.0346. The number of amides is 2. The number of nitrogens with zero attached hydrogens (tertiary/aromatic N) is 1. The van der Waals surface area contributed by atoms with E-state index < -0.39 is 0 Å². The minimum Gasteiger partial charge on any atom is -0.354 e. The van der Waals surface area contributed by atoms with Gasteiger partial charge < -0.3 is 15.5 Å². The Labute approximate surface area is 103 Å². The Morgan fingerprint density at radius 2 is 1.88 bits per heavy atom. The van der Waals surface area contributed by atoms with Gasteiger partial charge in [-0.2, -0.15) is 0 Å². The Morgan fingerprint density at radius 3 is 2.53 bits per heavy atom. The molecule has 1 fully saturated rings. The molecule has 2 amide bonds. The molecule has 0 bridgehead atoms. The fourth-order valence-corrected chi connectivity index (χ4v) is 1.87. The van der Waals surface area contributed by atoms with Crippen LogP contribution >= 0.6 is 0 Å². The molecule has 1 aliphatic heterocycles. The maximum absolute atomic E-state index is 11.6. The summed E-state index contributed by atoms with van der Waals surface area (Å²) in [6, 6.07) is 0. The molecule has 1 rings (SSSR count). The van der Waals surface area contributed by atoms with Gasteiger partial charge in [0, 0.05) is 26.1 Å². The van der Waals surface area contributed by atoms with Crippen LogP contribution in [0, 0.1) is 0 Å². The lowest BCUT2D eigenvalue weighted by atomic mass is 10.3. The van der Waals surface area contributed by atoms with Gasteiger partial charge in [-0.05, 0) is 25.8 Å². The first-order valence-corrected chi connectivity index (χ1v) is 6.49. The van der Waals surface area contributed by atoms with Crippen LogP contribution in [-0.4, -0.2) is 49.4 Å². The number of likely N-dealkylation sites (tertiary alicyclic amines) is 1. The lowest BCUT2D eigenvalue weighted by Gasteiger charge is -2.15. The van der Waals surface area contributed by atoms with Crippen LogP contribution in [0.1, 0.15) is 32.6 Å². The number of rotatable bonds is 7. The Hall–Kier alpha value is -1.10. The topological polar surface area (TPSA) is 61.4 Å². The van der Waals surface area contributed by atoms with Crippen LogP contribution in [0.4, 0.5) is 0 Å². The van der Waals surface area contributed by atoms with Crippen LogP contribution in [0.3, 0.4) is 0 Å². The van der Waals surface area contributed by atoms with E-state index in [-0.39, 0.29) is 11.8 Å². The number of carbonyl (C=O) groups is 2. The molecule has 0 unspecified atom stereocenters. The summed E-state index contributed by atoms with van der Waals surface area (Å²) < 4.78 is 0. The van der Waals surface area contributed by atoms with Gasteiger partial charge in [0.2, 0.25) is 11.8 Å². The Bertz CT molecular complexity index is 250. The van der Waals surface area contributed by atoms with E-state index in [2.05, 4.69) is 17.6 Å². The third-order valence-electron chi connectivity index (χ3n) is 2.83. The van der Waals surface area contributed by atoms with E-state index in [1.165, 1.54) is 0 Å². The second kappa shape index (κ2) is 8.06. The lowest BCUT2D eigenvalue weighted by molar-refractivity contribution is -0.130. The minimum atomic E-state index is -0.0346. The average molecular weight is 241 g/mol. The van der Waals surface area contributed by atoms with E-state index in [9.17, 15) is 9.59 Å². The molecule has 0 aromatic carbocycles. The Balaban J connectivity index is 2.02. The molecule has 0 spiro atoms. The molecule has 2 N–H and O–H groups in total. The first kappa shape index (κ1) is 14.0. The quantitative estimate of drug-likeness (QED) is 0.622. The van der Waals surface area contributed by atoms with Gasteiger partial charge in [0.25, 0.3) is 0 Å². The van der Waals surface area contributed by atoms with Gasteiger partial charge in [0.15, 0.2) is 0 Å². The first-order chi connectivity index (χ1) is 8.24. The fraction of sp³-hybridized carbons (Fsp3) is 0.833. The van der Waals surface area contributed by atoms with Gasteiger partial charge in [-0.15, -0.1) is 0 Å². The highest BCUT2D eigenvalue weighted by Crippen LogP contribution is 2.08. The summed E-state index contributed by atoms with van der Waals surface area (Å²) >= 11 is 0. The fourth-order valence-electron chi connectivity index (χ4n) is 1.87. The average Bonchev–Trinajstić information content (AvgIpc) is 2.82. The third kappa shape index (κ3) is 5.68. The van der Waals surface area contributed by atoms with Gasteiger partial charge in [0.05, 0.1) is 6.54 Å². The van der Waals surface area contributed by atoms with Gasteiger partial charge in [-0.3, -0.25) is 9.59 Å². The molecule has 1 heterocycles. The molecule has 17 heavy (non-hydrogen) atoms. The maximum atomic E-state index is 11.6. The van der Waals surface area contributed by atoms with E-state index in [1.807, 2.05) is 4.90 Å². The lowest BCUT2D eigenvalue weighted by Crippen LogP contribution is -2.37. The van der Waals surface area contributed by atoms with Crippen molar-refractivity contribution in [3.8, 4) is 0 Å². The highest BCUT2D eigenvalue weighted by Gasteiger charge is 2.17. The van der Waals surface area contributed by atoms with Crippen molar-refractivity contribution in [2.45, 2.75) is 32.6 Å². The molecule has 98 valence electrons. The summed E-state index contributed by atoms with van der Waals surface area (Å²) in [5, 5.41) is 5.77. The Morgan fingerprint density at radius 1 is 1.18 bits per heavy atom. The second-order valence-electron chi connectivity index (χ2n) is 4.36. The van der Waals surface area contributed by atoms with Gasteiger partial charge in [-0.1, -0.05) is 6.92 Å². The number of carbonyl (C=O) groups excluding carboxylic acids is 2. The van der Waals surface area contributed by atoms with Crippen LogP contribution in [0.15, 0.2) is 0 Å². The normalized spacial score (nSPS) is 15.0. The van der Waals surface area contributed by atoms with Gasteiger partial charge >= 0.3 is 0 Å². The zero-order chi connectivity index (χ0) is 12.5. The van der Waals surface area contributed by atoms with E-state index in [0.717, 1.165) is 38.9 Å². The van der Waals surface area contributed by atoms with Crippen molar-refractivity contribution in [2.24, 2.45) is 0 Å². The molecule has 1 aliphatic rings. The second-order valence-corrected chi connectivity index (χ2v) is 4.36. The van der Waals surface area contributed by atoms with E-state index in [1.54, 1.807) is 0 Å². The van der Waals surface area contributed by atoms with Crippen LogP contribution in [0.5, 0.6) is 0 Å². The third-order valence-corrected chi connectivity index (χ3v) is 2.83. The monoisotopic (exact) mass is 241 g/mol. The van der Waals surface area contributed by atoms with Crippen LogP contribution in [0.25, 0.3) is 0 Å². The van der Waals surface area contributed by atoms with Crippen LogP contribution < -0.4 is 10.6 Å². The van der Waals surface area contributed by atoms with Crippen molar-refractivity contribution in [3.05, 3.63) is 0 Å². The largest absolute Gasteiger partial charge is 0.354 e. The van der Waals surface area contributed by atoms with Crippen molar-refractivity contribution < 1.29 is 9.59 Å². The van der Waals surface area contributed by atoms with E-state index >= 15 is 0 Å².